The maximum absolute atomic E-state index is 9.39. The molecule has 1 aromatic heterocycles. The summed E-state index contributed by atoms with van der Waals surface area (Å²) < 4.78 is 1.89. The number of rotatable bonds is 5. The first-order valence-electron chi connectivity index (χ1n) is 6.00. The third kappa shape index (κ3) is 3.43. The van der Waals surface area contributed by atoms with Crippen molar-refractivity contribution in [3.05, 3.63) is 53.9 Å². The normalized spacial score (nSPS) is 12.6. The maximum Gasteiger partial charge on any atom is 0.0792 e. The van der Waals surface area contributed by atoms with Crippen LogP contribution in [0, 0.1) is 0 Å². The number of aromatic nitrogens is 2. The standard InChI is InChI=1S/C14H18N2O/c1-12(17)14-10-15-16(11-14)9-5-8-13-6-3-2-4-7-13/h2-4,6-7,10-12,17H,5,8-9H2,1H3. The number of nitrogens with zero attached hydrogens (tertiary/aromatic N) is 2. The molecule has 0 radical (unpaired) electrons. The summed E-state index contributed by atoms with van der Waals surface area (Å²) in [6.45, 7) is 2.65. The Labute approximate surface area is 102 Å². The van der Waals surface area contributed by atoms with E-state index in [4.69, 9.17) is 0 Å². The fraction of sp³-hybridized carbons (Fsp3) is 0.357. The van der Waals surface area contributed by atoms with Gasteiger partial charge in [0, 0.05) is 18.3 Å². The molecule has 17 heavy (non-hydrogen) atoms. The van der Waals surface area contributed by atoms with Gasteiger partial charge in [-0.1, -0.05) is 30.3 Å². The minimum Gasteiger partial charge on any atom is -0.389 e. The number of benzene rings is 1. The number of hydrogen-bond acceptors (Lipinski definition) is 2. The molecule has 0 bridgehead atoms. The van der Waals surface area contributed by atoms with Crippen molar-refractivity contribution in [3.63, 3.8) is 0 Å². The molecule has 2 aromatic rings. The van der Waals surface area contributed by atoms with Crippen LogP contribution in [-0.4, -0.2) is 14.9 Å². The maximum atomic E-state index is 9.39. The van der Waals surface area contributed by atoms with E-state index >= 15 is 0 Å². The zero-order valence-corrected chi connectivity index (χ0v) is 10.1. The average Bonchev–Trinajstić information content (AvgIpc) is 2.79. The van der Waals surface area contributed by atoms with Crippen LogP contribution < -0.4 is 0 Å². The molecule has 1 heterocycles. The fourth-order valence-electron chi connectivity index (χ4n) is 1.81. The molecule has 0 aliphatic heterocycles. The van der Waals surface area contributed by atoms with E-state index < -0.39 is 6.10 Å². The lowest BCUT2D eigenvalue weighted by atomic mass is 10.1. The lowest BCUT2D eigenvalue weighted by Gasteiger charge is -2.02. The molecule has 3 nitrogen and oxygen atoms in total. The van der Waals surface area contributed by atoms with Gasteiger partial charge < -0.3 is 5.11 Å². The summed E-state index contributed by atoms with van der Waals surface area (Å²) in [4.78, 5) is 0. The van der Waals surface area contributed by atoms with Crippen molar-refractivity contribution in [2.45, 2.75) is 32.4 Å². The van der Waals surface area contributed by atoms with Gasteiger partial charge in [-0.15, -0.1) is 0 Å². The van der Waals surface area contributed by atoms with Crippen molar-refractivity contribution in [3.8, 4) is 0 Å². The van der Waals surface area contributed by atoms with Crippen LogP contribution in [0.3, 0.4) is 0 Å². The Hall–Kier alpha value is -1.61. The van der Waals surface area contributed by atoms with Gasteiger partial charge in [-0.25, -0.2) is 0 Å². The van der Waals surface area contributed by atoms with Crippen LogP contribution in [0.25, 0.3) is 0 Å². The number of aliphatic hydroxyl groups excluding tert-OH is 1. The molecule has 1 unspecified atom stereocenters. The summed E-state index contributed by atoms with van der Waals surface area (Å²) >= 11 is 0. The van der Waals surface area contributed by atoms with Gasteiger partial charge in [-0.3, -0.25) is 4.68 Å². The summed E-state index contributed by atoms with van der Waals surface area (Å²) in [5, 5.41) is 13.6. The molecule has 0 amide bonds. The van der Waals surface area contributed by atoms with Crippen molar-refractivity contribution in [1.29, 1.82) is 0 Å². The molecule has 0 aliphatic rings. The smallest absolute Gasteiger partial charge is 0.0792 e. The monoisotopic (exact) mass is 230 g/mol. The second-order valence-electron chi connectivity index (χ2n) is 4.30. The largest absolute Gasteiger partial charge is 0.389 e. The third-order valence-corrected chi connectivity index (χ3v) is 2.83. The van der Waals surface area contributed by atoms with Crippen molar-refractivity contribution < 1.29 is 5.11 Å². The van der Waals surface area contributed by atoms with Gasteiger partial charge in [0.05, 0.1) is 12.3 Å². The average molecular weight is 230 g/mol. The predicted molar refractivity (Wildman–Crippen MR) is 67.6 cm³/mol. The molecular formula is C14H18N2O. The first kappa shape index (κ1) is 11.9. The Morgan fingerprint density at radius 1 is 1.29 bits per heavy atom. The van der Waals surface area contributed by atoms with E-state index in [1.807, 2.05) is 16.9 Å². The Kier molecular flexibility index (Phi) is 3.94. The van der Waals surface area contributed by atoms with E-state index in [2.05, 4.69) is 29.4 Å². The Morgan fingerprint density at radius 2 is 2.06 bits per heavy atom. The first-order chi connectivity index (χ1) is 8.25. The van der Waals surface area contributed by atoms with Crippen LogP contribution in [-0.2, 0) is 13.0 Å². The second kappa shape index (κ2) is 5.64. The molecule has 2 rings (SSSR count). The molecule has 0 spiro atoms. The molecule has 1 aromatic carbocycles. The van der Waals surface area contributed by atoms with Gasteiger partial charge in [0.15, 0.2) is 0 Å². The SMILES string of the molecule is CC(O)c1cnn(CCCc2ccccc2)c1. The van der Waals surface area contributed by atoms with E-state index in [9.17, 15) is 5.11 Å². The molecule has 0 saturated carbocycles. The van der Waals surface area contributed by atoms with Crippen molar-refractivity contribution in [2.24, 2.45) is 0 Å². The summed E-state index contributed by atoms with van der Waals surface area (Å²) in [5.41, 5.74) is 2.24. The highest BCUT2D eigenvalue weighted by Crippen LogP contribution is 2.10. The van der Waals surface area contributed by atoms with Gasteiger partial charge in [0.2, 0.25) is 0 Å². The second-order valence-corrected chi connectivity index (χ2v) is 4.30. The molecular weight excluding hydrogens is 212 g/mol. The topological polar surface area (TPSA) is 38.1 Å². The van der Waals surface area contributed by atoms with Crippen LogP contribution in [0.2, 0.25) is 0 Å². The van der Waals surface area contributed by atoms with Gasteiger partial charge in [0.1, 0.15) is 0 Å². The Balaban J connectivity index is 1.82. The lowest BCUT2D eigenvalue weighted by molar-refractivity contribution is 0.199. The zero-order valence-electron chi connectivity index (χ0n) is 10.1. The van der Waals surface area contributed by atoms with Crippen LogP contribution in [0.4, 0.5) is 0 Å². The Morgan fingerprint density at radius 3 is 2.71 bits per heavy atom. The van der Waals surface area contributed by atoms with Gasteiger partial charge in [0.25, 0.3) is 0 Å². The van der Waals surface area contributed by atoms with Crippen LogP contribution in [0.1, 0.15) is 30.6 Å². The van der Waals surface area contributed by atoms with Gasteiger partial charge in [-0.2, -0.15) is 5.10 Å². The van der Waals surface area contributed by atoms with Gasteiger partial charge in [-0.05, 0) is 25.3 Å². The Bertz CT molecular complexity index is 448. The quantitative estimate of drug-likeness (QED) is 0.857. The minimum absolute atomic E-state index is 0.433. The van der Waals surface area contributed by atoms with Crippen molar-refractivity contribution in [1.82, 2.24) is 9.78 Å². The molecule has 0 fully saturated rings. The minimum atomic E-state index is -0.433. The summed E-state index contributed by atoms with van der Waals surface area (Å²) in [6.07, 6.45) is 5.33. The predicted octanol–water partition coefficient (Wildman–Crippen LogP) is 2.57. The first-order valence-corrected chi connectivity index (χ1v) is 6.00. The summed E-state index contributed by atoms with van der Waals surface area (Å²) in [6, 6.07) is 10.4. The molecule has 90 valence electrons. The highest BCUT2D eigenvalue weighted by molar-refractivity contribution is 5.14. The fourth-order valence-corrected chi connectivity index (χ4v) is 1.81. The van der Waals surface area contributed by atoms with Crippen LogP contribution in [0.5, 0.6) is 0 Å². The van der Waals surface area contributed by atoms with Crippen molar-refractivity contribution >= 4 is 0 Å². The van der Waals surface area contributed by atoms with Crippen molar-refractivity contribution in [2.75, 3.05) is 0 Å². The summed E-state index contributed by atoms with van der Waals surface area (Å²) in [5.74, 6) is 0. The summed E-state index contributed by atoms with van der Waals surface area (Å²) in [7, 11) is 0. The molecule has 3 heteroatoms. The van der Waals surface area contributed by atoms with Crippen LogP contribution >= 0.6 is 0 Å². The molecule has 1 N–H and O–H groups in total. The third-order valence-electron chi connectivity index (χ3n) is 2.83. The van der Waals surface area contributed by atoms with Gasteiger partial charge >= 0.3 is 0 Å². The lowest BCUT2D eigenvalue weighted by Crippen LogP contribution is -2.00. The van der Waals surface area contributed by atoms with E-state index in [-0.39, 0.29) is 0 Å². The molecule has 0 aliphatic carbocycles. The molecule has 0 saturated heterocycles. The number of aliphatic hydroxyl groups is 1. The molecule has 1 atom stereocenters. The van der Waals surface area contributed by atoms with E-state index in [0.717, 1.165) is 24.9 Å². The number of aryl methyl sites for hydroxylation is 2. The number of hydrogen-bond donors (Lipinski definition) is 1. The zero-order chi connectivity index (χ0) is 12.1. The van der Waals surface area contributed by atoms with E-state index in [1.54, 1.807) is 13.1 Å². The highest BCUT2D eigenvalue weighted by atomic mass is 16.3. The van der Waals surface area contributed by atoms with E-state index in [0.29, 0.717) is 0 Å². The van der Waals surface area contributed by atoms with Crippen LogP contribution in [0.15, 0.2) is 42.7 Å². The highest BCUT2D eigenvalue weighted by Gasteiger charge is 2.03. The van der Waals surface area contributed by atoms with E-state index in [1.165, 1.54) is 5.56 Å².